The van der Waals surface area contributed by atoms with E-state index in [2.05, 4.69) is 10.6 Å². The molecule has 0 aliphatic heterocycles. The van der Waals surface area contributed by atoms with Crippen LogP contribution in [0, 0.1) is 0 Å². The molecule has 2 aromatic rings. The molecule has 0 saturated heterocycles. The van der Waals surface area contributed by atoms with Crippen LogP contribution in [0.2, 0.25) is 5.02 Å². The molecule has 1 atom stereocenters. The molecule has 0 aliphatic carbocycles. The van der Waals surface area contributed by atoms with Gasteiger partial charge < -0.3 is 15.7 Å². The number of carboxylic acids is 1. The Labute approximate surface area is 165 Å². The van der Waals surface area contributed by atoms with Crippen LogP contribution in [0.4, 0.5) is 11.4 Å². The van der Waals surface area contributed by atoms with Crippen molar-refractivity contribution in [3.8, 4) is 0 Å². The van der Waals surface area contributed by atoms with Gasteiger partial charge in [-0.2, -0.15) is 0 Å². The number of nitrogens with one attached hydrogen (secondary N) is 2. The highest BCUT2D eigenvalue weighted by atomic mass is 35.5. The topological polar surface area (TPSA) is 95.5 Å². The van der Waals surface area contributed by atoms with Crippen molar-refractivity contribution >= 4 is 52.5 Å². The number of amides is 2. The normalized spacial score (nSPS) is 11.8. The van der Waals surface area contributed by atoms with Crippen molar-refractivity contribution < 1.29 is 19.5 Å². The van der Waals surface area contributed by atoms with E-state index < -0.39 is 11.9 Å². The van der Waals surface area contributed by atoms with E-state index in [1.807, 2.05) is 0 Å². The summed E-state index contributed by atoms with van der Waals surface area (Å²) < 4.78 is 0. The van der Waals surface area contributed by atoms with E-state index in [0.717, 1.165) is 17.0 Å². The Morgan fingerprint density at radius 2 is 1.52 bits per heavy atom. The molecule has 2 aromatic carbocycles. The fourth-order valence-corrected chi connectivity index (χ4v) is 2.98. The molecule has 2 rings (SSSR count). The second kappa shape index (κ2) is 9.80. The van der Waals surface area contributed by atoms with Gasteiger partial charge in [-0.25, -0.2) is 4.79 Å². The highest BCUT2D eigenvalue weighted by molar-refractivity contribution is 8.00. The Hall–Kier alpha value is -2.77. The molecule has 27 heavy (non-hydrogen) atoms. The predicted molar refractivity (Wildman–Crippen MR) is 107 cm³/mol. The Morgan fingerprint density at radius 1 is 0.963 bits per heavy atom. The second-order valence-corrected chi connectivity index (χ2v) is 7.29. The highest BCUT2D eigenvalue weighted by Gasteiger charge is 2.14. The van der Waals surface area contributed by atoms with Gasteiger partial charge in [0.25, 0.3) is 0 Å². The number of rotatable bonds is 7. The molecule has 6 nitrogen and oxygen atoms in total. The van der Waals surface area contributed by atoms with Crippen molar-refractivity contribution in [2.24, 2.45) is 0 Å². The van der Waals surface area contributed by atoms with Gasteiger partial charge in [0, 0.05) is 33.4 Å². The van der Waals surface area contributed by atoms with Crippen LogP contribution in [-0.4, -0.2) is 28.1 Å². The zero-order valence-corrected chi connectivity index (χ0v) is 15.9. The van der Waals surface area contributed by atoms with Crippen molar-refractivity contribution in [1.82, 2.24) is 0 Å². The van der Waals surface area contributed by atoms with Crippen LogP contribution >= 0.6 is 23.4 Å². The summed E-state index contributed by atoms with van der Waals surface area (Å²) in [6.45, 7) is 1.79. The molecular weight excluding hydrogens is 388 g/mol. The zero-order chi connectivity index (χ0) is 19.8. The van der Waals surface area contributed by atoms with E-state index in [0.29, 0.717) is 16.4 Å². The quantitative estimate of drug-likeness (QED) is 0.478. The third-order valence-electron chi connectivity index (χ3n) is 3.29. The molecule has 1 unspecified atom stereocenters. The van der Waals surface area contributed by atoms with Gasteiger partial charge >= 0.3 is 5.97 Å². The summed E-state index contributed by atoms with van der Waals surface area (Å²) >= 11 is 7.19. The van der Waals surface area contributed by atoms with Gasteiger partial charge in [0.05, 0.1) is 5.25 Å². The molecule has 140 valence electrons. The Bertz CT molecular complexity index is 851. The van der Waals surface area contributed by atoms with Crippen LogP contribution in [0.5, 0.6) is 0 Å². The lowest BCUT2D eigenvalue weighted by molar-refractivity contribution is -0.131. The summed E-state index contributed by atoms with van der Waals surface area (Å²) in [5.74, 6) is -1.87. The van der Waals surface area contributed by atoms with Crippen LogP contribution in [0.3, 0.4) is 0 Å². The number of benzene rings is 2. The lowest BCUT2D eigenvalue weighted by Gasteiger charge is -2.12. The average Bonchev–Trinajstić information content (AvgIpc) is 2.63. The molecule has 3 N–H and O–H groups in total. The Morgan fingerprint density at radius 3 is 2.11 bits per heavy atom. The summed E-state index contributed by atoms with van der Waals surface area (Å²) in [4.78, 5) is 35.0. The number of carboxylic acid groups (broad SMARTS) is 1. The van der Waals surface area contributed by atoms with E-state index in [9.17, 15) is 14.4 Å². The van der Waals surface area contributed by atoms with Gasteiger partial charge in [0.1, 0.15) is 0 Å². The number of carbonyl (C=O) groups excluding carboxylic acids is 2. The van der Waals surface area contributed by atoms with Crippen molar-refractivity contribution in [1.29, 1.82) is 0 Å². The molecule has 0 saturated carbocycles. The fourth-order valence-electron chi connectivity index (χ4n) is 1.98. The first-order valence-electron chi connectivity index (χ1n) is 7.88. The second-order valence-electron chi connectivity index (χ2n) is 5.44. The van der Waals surface area contributed by atoms with Gasteiger partial charge in [0.2, 0.25) is 11.8 Å². The van der Waals surface area contributed by atoms with Crippen molar-refractivity contribution in [2.45, 2.75) is 17.1 Å². The first-order valence-corrected chi connectivity index (χ1v) is 9.14. The monoisotopic (exact) mass is 404 g/mol. The van der Waals surface area contributed by atoms with Crippen LogP contribution < -0.4 is 10.6 Å². The smallest absolute Gasteiger partial charge is 0.328 e. The SMILES string of the molecule is CC(Sc1ccc(NC(=O)/C=C/C(=O)O)cc1)C(=O)Nc1ccc(Cl)cc1. The maximum Gasteiger partial charge on any atom is 0.328 e. The maximum absolute atomic E-state index is 12.3. The van der Waals surface area contributed by atoms with E-state index in [4.69, 9.17) is 16.7 Å². The molecule has 0 aromatic heterocycles. The molecule has 0 aliphatic rings. The van der Waals surface area contributed by atoms with Crippen LogP contribution in [0.15, 0.2) is 65.6 Å². The van der Waals surface area contributed by atoms with Crippen LogP contribution in [-0.2, 0) is 14.4 Å². The molecule has 0 heterocycles. The number of aliphatic carboxylic acids is 1. The molecular formula is C19H17ClN2O4S. The van der Waals surface area contributed by atoms with E-state index in [1.165, 1.54) is 11.8 Å². The number of hydrogen-bond donors (Lipinski definition) is 3. The van der Waals surface area contributed by atoms with E-state index >= 15 is 0 Å². The largest absolute Gasteiger partial charge is 0.478 e. The number of thioether (sulfide) groups is 1. The highest BCUT2D eigenvalue weighted by Crippen LogP contribution is 2.26. The lowest BCUT2D eigenvalue weighted by atomic mass is 10.3. The minimum Gasteiger partial charge on any atom is -0.478 e. The Kier molecular flexibility index (Phi) is 7.45. The number of anilines is 2. The van der Waals surface area contributed by atoms with E-state index in [1.54, 1.807) is 55.5 Å². The molecule has 8 heteroatoms. The minimum atomic E-state index is -1.19. The van der Waals surface area contributed by atoms with Crippen LogP contribution in [0.1, 0.15) is 6.92 Å². The molecule has 0 bridgehead atoms. The summed E-state index contributed by atoms with van der Waals surface area (Å²) in [6.07, 6.45) is 1.70. The number of carbonyl (C=O) groups is 3. The van der Waals surface area contributed by atoms with Crippen molar-refractivity contribution in [2.75, 3.05) is 10.6 Å². The summed E-state index contributed by atoms with van der Waals surface area (Å²) in [5, 5.41) is 14.1. The first-order chi connectivity index (χ1) is 12.8. The fraction of sp³-hybridized carbons (Fsp3) is 0.105. The third kappa shape index (κ3) is 7.16. The van der Waals surface area contributed by atoms with Crippen molar-refractivity contribution in [3.63, 3.8) is 0 Å². The number of halogens is 1. The standard InChI is InChI=1S/C19H17ClN2O4S/c1-12(19(26)22-15-4-2-13(20)3-5-15)27-16-8-6-14(7-9-16)21-17(23)10-11-18(24)25/h2-12H,1H3,(H,21,23)(H,22,26)(H,24,25)/b11-10+. The van der Waals surface area contributed by atoms with E-state index in [-0.39, 0.29) is 11.2 Å². The molecule has 0 radical (unpaired) electrons. The average molecular weight is 405 g/mol. The van der Waals surface area contributed by atoms with Gasteiger partial charge in [-0.1, -0.05) is 11.6 Å². The molecule has 2 amide bonds. The third-order valence-corrected chi connectivity index (χ3v) is 4.66. The number of hydrogen-bond acceptors (Lipinski definition) is 4. The van der Waals surface area contributed by atoms with Gasteiger partial charge in [0.15, 0.2) is 0 Å². The Balaban J connectivity index is 1.89. The summed E-state index contributed by atoms with van der Waals surface area (Å²) in [7, 11) is 0. The van der Waals surface area contributed by atoms with Gasteiger partial charge in [-0.3, -0.25) is 9.59 Å². The minimum absolute atomic E-state index is 0.140. The molecule has 0 fully saturated rings. The van der Waals surface area contributed by atoms with Gasteiger partial charge in [-0.05, 0) is 55.5 Å². The zero-order valence-electron chi connectivity index (χ0n) is 14.3. The molecule has 0 spiro atoms. The van der Waals surface area contributed by atoms with Crippen molar-refractivity contribution in [3.05, 3.63) is 65.7 Å². The van der Waals surface area contributed by atoms with Crippen LogP contribution in [0.25, 0.3) is 0 Å². The maximum atomic E-state index is 12.3. The first kappa shape index (κ1) is 20.5. The van der Waals surface area contributed by atoms with Gasteiger partial charge in [-0.15, -0.1) is 11.8 Å². The lowest BCUT2D eigenvalue weighted by Crippen LogP contribution is -2.22. The summed E-state index contributed by atoms with van der Waals surface area (Å²) in [5.41, 5.74) is 1.20. The summed E-state index contributed by atoms with van der Waals surface area (Å²) in [6, 6.07) is 13.8. The predicted octanol–water partition coefficient (Wildman–Crippen LogP) is 4.04.